The fourth-order valence-corrected chi connectivity index (χ4v) is 6.84. The Balaban J connectivity index is 1.58. The van der Waals surface area contributed by atoms with Crippen LogP contribution >= 0.6 is 11.3 Å². The van der Waals surface area contributed by atoms with Crippen LogP contribution < -0.4 is 4.74 Å². The highest BCUT2D eigenvalue weighted by Crippen LogP contribution is 2.34. The summed E-state index contributed by atoms with van der Waals surface area (Å²) in [7, 11) is -3.86. The third-order valence-electron chi connectivity index (χ3n) is 6.82. The maximum absolute atomic E-state index is 13.7. The fraction of sp³-hybridized carbons (Fsp3) is 0.393. The number of rotatable bonds is 10. The van der Waals surface area contributed by atoms with Crippen molar-refractivity contribution < 1.29 is 22.3 Å². The minimum atomic E-state index is -3.86. The normalized spacial score (nSPS) is 16.5. The molecule has 9 heteroatoms. The molecule has 2 aromatic carbocycles. The highest BCUT2D eigenvalue weighted by Gasteiger charge is 2.35. The predicted molar refractivity (Wildman–Crippen MR) is 144 cm³/mol. The van der Waals surface area contributed by atoms with E-state index in [0.717, 1.165) is 17.5 Å². The Kier molecular flexibility index (Phi) is 8.67. The molecule has 0 spiro atoms. The number of ether oxygens (including phenoxy) is 1. The van der Waals surface area contributed by atoms with Gasteiger partial charge in [0.25, 0.3) is 0 Å². The minimum Gasteiger partial charge on any atom is -0.491 e. The molecule has 0 N–H and O–H groups in total. The van der Waals surface area contributed by atoms with Crippen molar-refractivity contribution in [2.45, 2.75) is 44.6 Å². The van der Waals surface area contributed by atoms with E-state index in [4.69, 9.17) is 4.74 Å². The van der Waals surface area contributed by atoms with E-state index in [0.29, 0.717) is 18.7 Å². The van der Waals surface area contributed by atoms with Crippen molar-refractivity contribution in [3.63, 3.8) is 0 Å². The van der Waals surface area contributed by atoms with Crippen LogP contribution in [0.25, 0.3) is 0 Å². The number of fused-ring (bicyclic) bond motifs is 1. The van der Waals surface area contributed by atoms with Crippen molar-refractivity contribution in [2.24, 2.45) is 5.92 Å². The fourth-order valence-electron chi connectivity index (χ4n) is 4.41. The summed E-state index contributed by atoms with van der Waals surface area (Å²) in [6.45, 7) is 6.58. The van der Waals surface area contributed by atoms with Gasteiger partial charge in [-0.1, -0.05) is 38.0 Å². The monoisotopic (exact) mass is 544 g/mol. The molecular formula is C28H33FN2O4S2. The van der Waals surface area contributed by atoms with Crippen molar-refractivity contribution >= 4 is 27.3 Å². The van der Waals surface area contributed by atoms with E-state index >= 15 is 0 Å². The van der Waals surface area contributed by atoms with Crippen molar-refractivity contribution in [3.05, 3.63) is 81.8 Å². The van der Waals surface area contributed by atoms with E-state index in [9.17, 15) is 17.6 Å². The quantitative estimate of drug-likeness (QED) is 0.341. The summed E-state index contributed by atoms with van der Waals surface area (Å²) < 4.78 is 47.8. The van der Waals surface area contributed by atoms with Gasteiger partial charge in [-0.25, -0.2) is 12.8 Å². The molecule has 0 saturated carbocycles. The molecule has 0 unspecified atom stereocenters. The highest BCUT2D eigenvalue weighted by atomic mass is 32.2. The standard InChI is InChI=1S/C28H33FN2O4S2/c1-4-20(2)17-30(37(33,34)24-11-5-21(3)6-12-24)18-28(32)31-15-13-27-25(14-16-36-27)26(31)19-35-23-9-7-22(29)8-10-23/h5-12,14,16,20,26H,4,13,15,17-19H2,1-3H3/t20-,26+/m0/s1. The number of sulfonamides is 1. The number of halogens is 1. The maximum atomic E-state index is 13.7. The van der Waals surface area contributed by atoms with Gasteiger partial charge < -0.3 is 9.64 Å². The molecule has 198 valence electrons. The van der Waals surface area contributed by atoms with E-state index in [1.54, 1.807) is 52.6 Å². The van der Waals surface area contributed by atoms with E-state index in [-0.39, 0.29) is 48.3 Å². The molecule has 4 rings (SSSR count). The minimum absolute atomic E-state index is 0.0930. The Morgan fingerprint density at radius 2 is 1.86 bits per heavy atom. The SMILES string of the molecule is CC[C@H](C)CN(CC(=O)N1CCc2sccc2[C@H]1COc1ccc(F)cc1)S(=O)(=O)c1ccc(C)cc1. The van der Waals surface area contributed by atoms with E-state index < -0.39 is 10.0 Å². The summed E-state index contributed by atoms with van der Waals surface area (Å²) in [5, 5.41) is 2.00. The number of benzene rings is 2. The summed E-state index contributed by atoms with van der Waals surface area (Å²) in [5.41, 5.74) is 1.98. The van der Waals surface area contributed by atoms with Gasteiger partial charge >= 0.3 is 0 Å². The summed E-state index contributed by atoms with van der Waals surface area (Å²) >= 11 is 1.65. The number of carbonyl (C=O) groups is 1. The predicted octanol–water partition coefficient (Wildman–Crippen LogP) is 5.44. The van der Waals surface area contributed by atoms with Gasteiger partial charge in [-0.15, -0.1) is 11.3 Å². The zero-order chi connectivity index (χ0) is 26.6. The van der Waals surface area contributed by atoms with Gasteiger partial charge in [0.1, 0.15) is 18.2 Å². The molecule has 6 nitrogen and oxygen atoms in total. The number of amides is 1. The lowest BCUT2D eigenvalue weighted by Gasteiger charge is -2.37. The highest BCUT2D eigenvalue weighted by molar-refractivity contribution is 7.89. The van der Waals surface area contributed by atoms with Gasteiger partial charge in [0.2, 0.25) is 15.9 Å². The van der Waals surface area contributed by atoms with Gasteiger partial charge in [0, 0.05) is 18.0 Å². The van der Waals surface area contributed by atoms with Crippen LogP contribution in [0.3, 0.4) is 0 Å². The first-order chi connectivity index (χ1) is 17.7. The van der Waals surface area contributed by atoms with Crippen molar-refractivity contribution in [1.29, 1.82) is 0 Å². The molecule has 37 heavy (non-hydrogen) atoms. The lowest BCUT2D eigenvalue weighted by Crippen LogP contribution is -2.48. The second-order valence-corrected chi connectivity index (χ2v) is 12.5. The first-order valence-corrected chi connectivity index (χ1v) is 14.8. The molecule has 1 aromatic heterocycles. The van der Waals surface area contributed by atoms with Crippen LogP contribution in [-0.2, 0) is 21.2 Å². The maximum Gasteiger partial charge on any atom is 0.243 e. The molecule has 3 aromatic rings. The van der Waals surface area contributed by atoms with Crippen LogP contribution in [0.15, 0.2) is 64.9 Å². The van der Waals surface area contributed by atoms with Gasteiger partial charge in [-0.2, -0.15) is 4.31 Å². The van der Waals surface area contributed by atoms with E-state index in [2.05, 4.69) is 0 Å². The number of aryl methyl sites for hydroxylation is 1. The van der Waals surface area contributed by atoms with Crippen LogP contribution in [-0.4, -0.2) is 49.8 Å². The third kappa shape index (κ3) is 6.40. The van der Waals surface area contributed by atoms with Crippen LogP contribution in [0.1, 0.15) is 42.3 Å². The van der Waals surface area contributed by atoms with Gasteiger partial charge in [0.05, 0.1) is 17.5 Å². The Morgan fingerprint density at radius 3 is 2.54 bits per heavy atom. The van der Waals surface area contributed by atoms with E-state index in [1.165, 1.54) is 21.3 Å². The number of hydrogen-bond donors (Lipinski definition) is 0. The lowest BCUT2D eigenvalue weighted by atomic mass is 10.0. The Bertz CT molecular complexity index is 1310. The van der Waals surface area contributed by atoms with Crippen LogP contribution in [0.2, 0.25) is 0 Å². The molecule has 1 aliphatic rings. The first-order valence-electron chi connectivity index (χ1n) is 12.5. The average Bonchev–Trinajstić information content (AvgIpc) is 3.37. The second kappa shape index (κ2) is 11.8. The molecule has 0 fully saturated rings. The van der Waals surface area contributed by atoms with Crippen molar-refractivity contribution in [2.75, 3.05) is 26.2 Å². The molecule has 2 atom stereocenters. The Morgan fingerprint density at radius 1 is 1.16 bits per heavy atom. The number of thiophene rings is 1. The smallest absolute Gasteiger partial charge is 0.243 e. The summed E-state index contributed by atoms with van der Waals surface area (Å²) in [4.78, 5) is 16.8. The molecule has 0 saturated heterocycles. The number of nitrogens with zero attached hydrogens (tertiary/aromatic N) is 2. The van der Waals surface area contributed by atoms with Crippen LogP contribution in [0.5, 0.6) is 5.75 Å². The molecule has 1 aliphatic heterocycles. The van der Waals surface area contributed by atoms with Crippen molar-refractivity contribution in [1.82, 2.24) is 9.21 Å². The third-order valence-corrected chi connectivity index (χ3v) is 9.64. The van der Waals surface area contributed by atoms with Crippen LogP contribution in [0.4, 0.5) is 4.39 Å². The number of hydrogen-bond acceptors (Lipinski definition) is 5. The zero-order valence-electron chi connectivity index (χ0n) is 21.4. The van der Waals surface area contributed by atoms with Crippen molar-refractivity contribution in [3.8, 4) is 5.75 Å². The molecule has 0 radical (unpaired) electrons. The van der Waals surface area contributed by atoms with Gasteiger partial charge in [-0.05, 0) is 72.7 Å². The Labute approximate surface area is 222 Å². The lowest BCUT2D eigenvalue weighted by molar-refractivity contribution is -0.135. The molecule has 2 heterocycles. The summed E-state index contributed by atoms with van der Waals surface area (Å²) in [5.74, 6) is -0.00590. The molecule has 0 bridgehead atoms. The molecular weight excluding hydrogens is 511 g/mol. The number of carbonyl (C=O) groups excluding carboxylic acids is 1. The largest absolute Gasteiger partial charge is 0.491 e. The van der Waals surface area contributed by atoms with Gasteiger partial charge in [0.15, 0.2) is 0 Å². The zero-order valence-corrected chi connectivity index (χ0v) is 23.0. The second-order valence-electron chi connectivity index (χ2n) is 9.54. The van der Waals surface area contributed by atoms with Gasteiger partial charge in [-0.3, -0.25) is 4.79 Å². The van der Waals surface area contributed by atoms with E-state index in [1.807, 2.05) is 32.2 Å². The Hall–Kier alpha value is -2.75. The summed E-state index contributed by atoms with van der Waals surface area (Å²) in [6.07, 6.45) is 1.51. The topological polar surface area (TPSA) is 66.9 Å². The van der Waals surface area contributed by atoms with Crippen LogP contribution in [0, 0.1) is 18.7 Å². The molecule has 0 aliphatic carbocycles. The first kappa shape index (κ1) is 27.3. The molecule has 1 amide bonds. The summed E-state index contributed by atoms with van der Waals surface area (Å²) in [6, 6.07) is 14.1. The average molecular weight is 545 g/mol.